The molecule has 0 atom stereocenters. The number of benzene rings is 1. The first-order chi connectivity index (χ1) is 8.82. The fraction of sp³-hybridized carbons (Fsp3) is 0.429. The number of nitrogens with zero attached hydrogens (tertiary/aromatic N) is 1. The van der Waals surface area contributed by atoms with Crippen LogP contribution in [0.5, 0.6) is 5.75 Å². The van der Waals surface area contributed by atoms with Gasteiger partial charge in [0.15, 0.2) is 0 Å². The van der Waals surface area contributed by atoms with E-state index in [2.05, 4.69) is 31.3 Å². The minimum Gasteiger partial charge on any atom is -0.409 e. The molecule has 0 unspecified atom stereocenters. The maximum atomic E-state index is 11.4. The lowest BCUT2D eigenvalue weighted by Crippen LogP contribution is -2.24. The molecule has 5 nitrogen and oxygen atoms in total. The molecule has 0 aromatic heterocycles. The van der Waals surface area contributed by atoms with Crippen molar-refractivity contribution >= 4 is 11.8 Å². The van der Waals surface area contributed by atoms with E-state index in [-0.39, 0.29) is 5.41 Å². The Bertz CT molecular complexity index is 459. The highest BCUT2D eigenvalue weighted by molar-refractivity contribution is 5.84. The molecule has 0 spiro atoms. The van der Waals surface area contributed by atoms with Gasteiger partial charge in [0.1, 0.15) is 5.75 Å². The van der Waals surface area contributed by atoms with Crippen LogP contribution in [0.25, 0.3) is 0 Å². The van der Waals surface area contributed by atoms with Crippen LogP contribution in [0.4, 0.5) is 4.79 Å². The third kappa shape index (κ3) is 5.09. The van der Waals surface area contributed by atoms with Crippen molar-refractivity contribution in [2.24, 2.45) is 10.8 Å². The summed E-state index contributed by atoms with van der Waals surface area (Å²) in [6, 6.07) is 7.41. The molecule has 19 heavy (non-hydrogen) atoms. The first-order valence-electron chi connectivity index (χ1n) is 6.14. The van der Waals surface area contributed by atoms with E-state index in [1.807, 2.05) is 12.1 Å². The quantitative estimate of drug-likeness (QED) is 0.649. The van der Waals surface area contributed by atoms with Gasteiger partial charge in [-0.2, -0.15) is 5.10 Å². The Morgan fingerprint density at radius 2 is 1.89 bits per heavy atom. The maximum Gasteiger partial charge on any atom is 0.433 e. The van der Waals surface area contributed by atoms with Gasteiger partial charge < -0.3 is 10.5 Å². The summed E-state index contributed by atoms with van der Waals surface area (Å²) in [6.45, 7) is 8.39. The Morgan fingerprint density at radius 3 is 2.37 bits per heavy atom. The predicted molar refractivity (Wildman–Crippen MR) is 76.5 cm³/mol. The van der Waals surface area contributed by atoms with Crippen molar-refractivity contribution in [3.63, 3.8) is 0 Å². The highest BCUT2D eigenvalue weighted by atomic mass is 16.6. The average molecular weight is 263 g/mol. The molecule has 1 aromatic carbocycles. The third-order valence-electron chi connectivity index (χ3n) is 2.56. The van der Waals surface area contributed by atoms with Gasteiger partial charge in [-0.1, -0.05) is 32.9 Å². The van der Waals surface area contributed by atoms with Crippen molar-refractivity contribution in [3.05, 3.63) is 29.8 Å². The molecule has 0 aliphatic rings. The van der Waals surface area contributed by atoms with E-state index in [0.717, 1.165) is 0 Å². The smallest absolute Gasteiger partial charge is 0.409 e. The lowest BCUT2D eigenvalue weighted by molar-refractivity contribution is 0.201. The van der Waals surface area contributed by atoms with Crippen molar-refractivity contribution < 1.29 is 9.53 Å². The lowest BCUT2D eigenvalue weighted by Gasteiger charge is -2.18. The van der Waals surface area contributed by atoms with Gasteiger partial charge in [-0.15, -0.1) is 0 Å². The van der Waals surface area contributed by atoms with Crippen molar-refractivity contribution in [2.45, 2.75) is 33.1 Å². The van der Waals surface area contributed by atoms with Gasteiger partial charge >= 0.3 is 6.09 Å². The summed E-state index contributed by atoms with van der Waals surface area (Å²) in [6.07, 6.45) is -0.628. The Hall–Kier alpha value is -1.88. The van der Waals surface area contributed by atoms with Crippen molar-refractivity contribution in [1.82, 2.24) is 5.43 Å². The van der Waals surface area contributed by atoms with Crippen LogP contribution in [0.15, 0.2) is 29.4 Å². The second kappa shape index (κ2) is 6.33. The van der Waals surface area contributed by atoms with Crippen LogP contribution >= 0.6 is 0 Å². The number of nitrogens with one attached hydrogen (secondary N) is 1. The van der Waals surface area contributed by atoms with Crippen molar-refractivity contribution in [1.29, 1.82) is 0 Å². The fourth-order valence-corrected chi connectivity index (χ4v) is 1.34. The molecule has 0 radical (unpaired) electrons. The van der Waals surface area contributed by atoms with E-state index in [1.165, 1.54) is 5.56 Å². The summed E-state index contributed by atoms with van der Waals surface area (Å²) >= 11 is 0. The van der Waals surface area contributed by atoms with Gasteiger partial charge in [-0.3, -0.25) is 0 Å². The number of nitrogens with two attached hydrogens (primary N) is 1. The maximum absolute atomic E-state index is 11.4. The minimum absolute atomic E-state index is 0.0727. The molecule has 0 saturated heterocycles. The molecule has 1 aromatic rings. The number of amides is 1. The Balaban J connectivity index is 2.61. The molecule has 1 amide bonds. The van der Waals surface area contributed by atoms with Crippen LogP contribution in [-0.4, -0.2) is 18.3 Å². The number of hydrogen-bond acceptors (Lipinski definition) is 4. The number of carbonyl (C=O) groups is 1. The Kier molecular flexibility index (Phi) is 5.06. The predicted octanol–water partition coefficient (Wildman–Crippen LogP) is 2.41. The van der Waals surface area contributed by atoms with Crippen molar-refractivity contribution in [3.8, 4) is 5.75 Å². The number of hydrogen-bond donors (Lipinski definition) is 2. The molecule has 0 bridgehead atoms. The Morgan fingerprint density at radius 1 is 1.32 bits per heavy atom. The molecule has 104 valence electrons. The molecule has 0 aliphatic heterocycles. The van der Waals surface area contributed by atoms with Crippen LogP contribution in [-0.2, 0) is 5.41 Å². The van der Waals surface area contributed by atoms with Crippen LogP contribution in [0, 0.1) is 0 Å². The van der Waals surface area contributed by atoms with Gasteiger partial charge in [0.2, 0.25) is 0 Å². The van der Waals surface area contributed by atoms with E-state index in [1.54, 1.807) is 19.1 Å². The zero-order valence-corrected chi connectivity index (χ0v) is 11.9. The lowest BCUT2D eigenvalue weighted by atomic mass is 9.87. The molecule has 0 aliphatic carbocycles. The Labute approximate surface area is 113 Å². The summed E-state index contributed by atoms with van der Waals surface area (Å²) < 4.78 is 5.08. The van der Waals surface area contributed by atoms with Gasteiger partial charge in [-0.05, 0) is 30.0 Å². The molecule has 5 heteroatoms. The topological polar surface area (TPSA) is 76.7 Å². The number of ether oxygens (including phenoxy) is 1. The molecule has 0 heterocycles. The largest absolute Gasteiger partial charge is 0.433 e. The van der Waals surface area contributed by atoms with Gasteiger partial charge in [0.25, 0.3) is 0 Å². The highest BCUT2D eigenvalue weighted by Gasteiger charge is 2.13. The van der Waals surface area contributed by atoms with Crippen LogP contribution in [0.2, 0.25) is 0 Å². The number of rotatable bonds is 3. The number of hydrazone groups is 1. The summed E-state index contributed by atoms with van der Waals surface area (Å²) in [4.78, 5) is 11.4. The molecule has 0 fully saturated rings. The monoisotopic (exact) mass is 263 g/mol. The molecule has 3 N–H and O–H groups in total. The first-order valence-corrected chi connectivity index (χ1v) is 6.14. The number of carbonyl (C=O) groups excluding carboxylic acids is 1. The normalized spacial score (nSPS) is 12.2. The average Bonchev–Trinajstić information content (AvgIpc) is 2.35. The summed E-state index contributed by atoms with van der Waals surface area (Å²) in [5.74, 6) is 0.478. The van der Waals surface area contributed by atoms with Gasteiger partial charge in [0, 0.05) is 12.3 Å². The summed E-state index contributed by atoms with van der Waals surface area (Å²) in [5.41, 5.74) is 9.49. The zero-order valence-electron chi connectivity index (χ0n) is 11.9. The van der Waals surface area contributed by atoms with E-state index in [0.29, 0.717) is 18.0 Å². The van der Waals surface area contributed by atoms with E-state index in [4.69, 9.17) is 10.5 Å². The van der Waals surface area contributed by atoms with Crippen LogP contribution < -0.4 is 15.9 Å². The molecular formula is C14H21N3O2. The zero-order chi connectivity index (χ0) is 14.5. The van der Waals surface area contributed by atoms with E-state index < -0.39 is 6.09 Å². The highest BCUT2D eigenvalue weighted by Crippen LogP contribution is 2.24. The van der Waals surface area contributed by atoms with Gasteiger partial charge in [-0.25, -0.2) is 10.2 Å². The molecular weight excluding hydrogens is 242 g/mol. The van der Waals surface area contributed by atoms with E-state index >= 15 is 0 Å². The van der Waals surface area contributed by atoms with Crippen LogP contribution in [0.3, 0.4) is 0 Å². The second-order valence-electron chi connectivity index (χ2n) is 5.33. The SMILES string of the molecule is C/C(CN)=N\NC(=O)Oc1ccc(C(C)(C)C)cc1. The first kappa shape index (κ1) is 15.2. The summed E-state index contributed by atoms with van der Waals surface area (Å²) in [7, 11) is 0. The van der Waals surface area contributed by atoms with Crippen molar-refractivity contribution in [2.75, 3.05) is 6.54 Å². The molecule has 1 rings (SSSR count). The summed E-state index contributed by atoms with van der Waals surface area (Å²) in [5, 5.41) is 3.76. The van der Waals surface area contributed by atoms with E-state index in [9.17, 15) is 4.79 Å². The molecule has 0 saturated carbocycles. The van der Waals surface area contributed by atoms with Gasteiger partial charge in [0.05, 0.1) is 0 Å². The third-order valence-corrected chi connectivity index (χ3v) is 2.56. The fourth-order valence-electron chi connectivity index (χ4n) is 1.34. The minimum atomic E-state index is -0.628. The second-order valence-corrected chi connectivity index (χ2v) is 5.33. The van der Waals surface area contributed by atoms with Crippen LogP contribution in [0.1, 0.15) is 33.3 Å². The standard InChI is InChI=1S/C14H21N3O2/c1-10(9-15)16-17-13(18)19-12-7-5-11(6-8-12)14(2,3)4/h5-8H,9,15H2,1-4H3,(H,17,18)/b16-10+.